The molecule has 2 atom stereocenters. The van der Waals surface area contributed by atoms with Crippen molar-refractivity contribution in [3.8, 4) is 0 Å². The van der Waals surface area contributed by atoms with E-state index in [1.54, 1.807) is 0 Å². The molecule has 0 bridgehead atoms. The van der Waals surface area contributed by atoms with E-state index in [-0.39, 0.29) is 24.7 Å². The number of pyridine rings is 1. The molecule has 2 unspecified atom stereocenters. The lowest BCUT2D eigenvalue weighted by molar-refractivity contribution is 0.203. The van der Waals surface area contributed by atoms with Crippen molar-refractivity contribution in [2.75, 3.05) is 6.61 Å². The second-order valence-electron chi connectivity index (χ2n) is 6.46. The third-order valence-corrected chi connectivity index (χ3v) is 3.85. The molecule has 0 aliphatic carbocycles. The zero-order chi connectivity index (χ0) is 17.5. The highest BCUT2D eigenvalue weighted by Gasteiger charge is 2.21. The minimum absolute atomic E-state index is 0.0715. The van der Waals surface area contributed by atoms with Crippen molar-refractivity contribution in [1.82, 2.24) is 25.2 Å². The number of aliphatic hydroxyl groups is 1. The average molecular weight is 333 g/mol. The summed E-state index contributed by atoms with van der Waals surface area (Å²) >= 11 is 0. The van der Waals surface area contributed by atoms with Crippen molar-refractivity contribution in [3.05, 3.63) is 30.2 Å². The van der Waals surface area contributed by atoms with Gasteiger partial charge in [0, 0.05) is 6.20 Å². The molecule has 0 spiro atoms. The number of nitrogens with one attached hydrogen (secondary N) is 2. The predicted octanol–water partition coefficient (Wildman–Crippen LogP) is 2.28. The highest BCUT2D eigenvalue weighted by molar-refractivity contribution is 5.74. The van der Waals surface area contributed by atoms with Crippen LogP contribution in [0.2, 0.25) is 0 Å². The zero-order valence-electron chi connectivity index (χ0n) is 14.6. The molecule has 3 N–H and O–H groups in total. The quantitative estimate of drug-likeness (QED) is 0.691. The van der Waals surface area contributed by atoms with Crippen molar-refractivity contribution < 1.29 is 9.90 Å². The molecule has 0 radical (unpaired) electrons. The van der Waals surface area contributed by atoms with Gasteiger partial charge in [0.2, 0.25) is 0 Å². The summed E-state index contributed by atoms with van der Waals surface area (Å²) in [7, 11) is 0. The molecular weight excluding hydrogens is 306 g/mol. The molecule has 2 aromatic heterocycles. The number of urea groups is 1. The molecule has 24 heavy (non-hydrogen) atoms. The first-order valence-electron chi connectivity index (χ1n) is 8.52. The maximum Gasteiger partial charge on any atom is 0.315 e. The van der Waals surface area contributed by atoms with E-state index in [0.29, 0.717) is 11.7 Å². The van der Waals surface area contributed by atoms with E-state index >= 15 is 0 Å². The first-order valence-corrected chi connectivity index (χ1v) is 8.52. The Morgan fingerprint density at radius 3 is 2.75 bits per heavy atom. The van der Waals surface area contributed by atoms with E-state index < -0.39 is 0 Å². The van der Waals surface area contributed by atoms with Crippen LogP contribution >= 0.6 is 0 Å². The summed E-state index contributed by atoms with van der Waals surface area (Å²) in [5, 5.41) is 23.6. The van der Waals surface area contributed by atoms with Crippen LogP contribution in [-0.2, 0) is 0 Å². The molecule has 0 saturated carbocycles. The number of hydrogen-bond donors (Lipinski definition) is 3. The zero-order valence-corrected chi connectivity index (χ0v) is 14.6. The van der Waals surface area contributed by atoms with E-state index in [0.717, 1.165) is 24.9 Å². The van der Waals surface area contributed by atoms with Gasteiger partial charge in [-0.15, -0.1) is 10.2 Å². The SMILES string of the molecule is CCCC(NC(=O)NC(CO)CC(C)C)c1nnc2ccccn12. The van der Waals surface area contributed by atoms with Gasteiger partial charge in [-0.25, -0.2) is 4.79 Å². The molecule has 7 heteroatoms. The largest absolute Gasteiger partial charge is 0.394 e. The van der Waals surface area contributed by atoms with Gasteiger partial charge < -0.3 is 15.7 Å². The second-order valence-corrected chi connectivity index (χ2v) is 6.46. The third-order valence-electron chi connectivity index (χ3n) is 3.85. The summed E-state index contributed by atoms with van der Waals surface area (Å²) in [6.45, 7) is 6.11. The molecule has 0 aliphatic rings. The van der Waals surface area contributed by atoms with Crippen LogP contribution in [0, 0.1) is 5.92 Å². The standard InChI is InChI=1S/C17H27N5O2/c1-4-7-14(16-21-20-15-8-5-6-9-22(15)16)19-17(24)18-13(11-23)10-12(2)3/h5-6,8-9,12-14,23H,4,7,10-11H2,1-3H3,(H2,18,19,24). The Kier molecular flexibility index (Phi) is 6.54. The van der Waals surface area contributed by atoms with E-state index in [9.17, 15) is 9.90 Å². The number of rotatable bonds is 8. The molecular formula is C17H27N5O2. The van der Waals surface area contributed by atoms with Crippen LogP contribution in [0.4, 0.5) is 4.79 Å². The normalized spacial score (nSPS) is 13.9. The topological polar surface area (TPSA) is 91.5 Å². The lowest BCUT2D eigenvalue weighted by Gasteiger charge is -2.21. The van der Waals surface area contributed by atoms with Crippen LogP contribution in [-0.4, -0.2) is 38.4 Å². The van der Waals surface area contributed by atoms with Crippen molar-refractivity contribution >= 4 is 11.7 Å². The van der Waals surface area contributed by atoms with Crippen LogP contribution < -0.4 is 10.6 Å². The average Bonchev–Trinajstić information content (AvgIpc) is 2.97. The lowest BCUT2D eigenvalue weighted by Crippen LogP contribution is -2.45. The van der Waals surface area contributed by atoms with E-state index in [1.165, 1.54) is 0 Å². The maximum absolute atomic E-state index is 12.3. The number of amides is 2. The van der Waals surface area contributed by atoms with Gasteiger partial charge in [-0.05, 0) is 30.9 Å². The number of carbonyl (C=O) groups is 1. The van der Waals surface area contributed by atoms with Gasteiger partial charge in [-0.2, -0.15) is 0 Å². The lowest BCUT2D eigenvalue weighted by atomic mass is 10.0. The van der Waals surface area contributed by atoms with Crippen LogP contribution in [0.3, 0.4) is 0 Å². The number of nitrogens with zero attached hydrogens (tertiary/aromatic N) is 3. The van der Waals surface area contributed by atoms with Gasteiger partial charge >= 0.3 is 6.03 Å². The molecule has 2 heterocycles. The van der Waals surface area contributed by atoms with Crippen LogP contribution in [0.5, 0.6) is 0 Å². The number of aromatic nitrogens is 3. The fourth-order valence-corrected chi connectivity index (χ4v) is 2.79. The molecule has 2 amide bonds. The van der Waals surface area contributed by atoms with Gasteiger partial charge in [0.25, 0.3) is 0 Å². The highest BCUT2D eigenvalue weighted by atomic mass is 16.3. The number of aliphatic hydroxyl groups excluding tert-OH is 1. The highest BCUT2D eigenvalue weighted by Crippen LogP contribution is 2.17. The smallest absolute Gasteiger partial charge is 0.315 e. The molecule has 2 rings (SSSR count). The first kappa shape index (κ1) is 18.2. The Morgan fingerprint density at radius 1 is 1.29 bits per heavy atom. The fourth-order valence-electron chi connectivity index (χ4n) is 2.79. The first-order chi connectivity index (χ1) is 11.5. The van der Waals surface area contributed by atoms with Crippen LogP contribution in [0.25, 0.3) is 5.65 Å². The Bertz CT molecular complexity index is 655. The third kappa shape index (κ3) is 4.67. The summed E-state index contributed by atoms with van der Waals surface area (Å²) in [6, 6.07) is 4.92. The Morgan fingerprint density at radius 2 is 2.08 bits per heavy atom. The van der Waals surface area contributed by atoms with E-state index in [2.05, 4.69) is 41.6 Å². The van der Waals surface area contributed by atoms with Crippen LogP contribution in [0.15, 0.2) is 24.4 Å². The van der Waals surface area contributed by atoms with Gasteiger partial charge in [-0.1, -0.05) is 33.3 Å². The molecule has 0 aromatic carbocycles. The van der Waals surface area contributed by atoms with Crippen molar-refractivity contribution in [2.24, 2.45) is 5.92 Å². The van der Waals surface area contributed by atoms with Crippen molar-refractivity contribution in [1.29, 1.82) is 0 Å². The van der Waals surface area contributed by atoms with E-state index in [1.807, 2.05) is 28.8 Å². The van der Waals surface area contributed by atoms with E-state index in [4.69, 9.17) is 0 Å². The van der Waals surface area contributed by atoms with Crippen LogP contribution in [0.1, 0.15) is 51.9 Å². The second kappa shape index (κ2) is 8.63. The van der Waals surface area contributed by atoms with Gasteiger partial charge in [0.05, 0.1) is 18.7 Å². The van der Waals surface area contributed by atoms with Crippen molar-refractivity contribution in [2.45, 2.75) is 52.1 Å². The monoisotopic (exact) mass is 333 g/mol. The number of hydrogen-bond acceptors (Lipinski definition) is 4. The minimum atomic E-state index is -0.291. The summed E-state index contributed by atoms with van der Waals surface area (Å²) in [5.41, 5.74) is 0.754. The fraction of sp³-hybridized carbons (Fsp3) is 0.588. The summed E-state index contributed by atoms with van der Waals surface area (Å²) in [5.74, 6) is 1.11. The summed E-state index contributed by atoms with van der Waals surface area (Å²) in [4.78, 5) is 12.3. The summed E-state index contributed by atoms with van der Waals surface area (Å²) < 4.78 is 1.89. The van der Waals surface area contributed by atoms with Crippen molar-refractivity contribution in [3.63, 3.8) is 0 Å². The van der Waals surface area contributed by atoms with Gasteiger partial charge in [0.15, 0.2) is 11.5 Å². The van der Waals surface area contributed by atoms with Gasteiger partial charge in [-0.3, -0.25) is 4.40 Å². The summed E-state index contributed by atoms with van der Waals surface area (Å²) in [6.07, 6.45) is 4.29. The molecule has 2 aromatic rings. The molecule has 0 saturated heterocycles. The molecule has 0 fully saturated rings. The molecule has 0 aliphatic heterocycles. The Hall–Kier alpha value is -2.15. The number of carbonyl (C=O) groups excluding carboxylic acids is 1. The minimum Gasteiger partial charge on any atom is -0.394 e. The maximum atomic E-state index is 12.3. The molecule has 132 valence electrons. The molecule has 7 nitrogen and oxygen atoms in total. The van der Waals surface area contributed by atoms with Gasteiger partial charge in [0.1, 0.15) is 0 Å². The Balaban J connectivity index is 2.09. The number of fused-ring (bicyclic) bond motifs is 1. The Labute approximate surface area is 142 Å². The predicted molar refractivity (Wildman–Crippen MR) is 92.6 cm³/mol.